The molecule has 2 aromatic rings. The standard InChI is InChI=1S/C20H25N3O4S/c1-11(2)14-7-6-8-15(12(3)4)18(14)23-17(25)9-27-19(26)16-10-28-20(22-16)21-13(5)24/h6-8,10-12H,9H2,1-5H3,(H,23,25)(H,21,22,24). The van der Waals surface area contributed by atoms with Crippen LogP contribution in [0.3, 0.4) is 0 Å². The number of esters is 1. The number of aromatic nitrogens is 1. The molecule has 0 saturated carbocycles. The zero-order chi connectivity index (χ0) is 20.8. The zero-order valence-corrected chi connectivity index (χ0v) is 17.5. The molecule has 0 atom stereocenters. The average molecular weight is 404 g/mol. The number of para-hydroxylation sites is 1. The molecule has 2 rings (SSSR count). The maximum atomic E-state index is 12.4. The first-order valence-corrected chi connectivity index (χ1v) is 9.89. The van der Waals surface area contributed by atoms with Gasteiger partial charge in [0, 0.05) is 18.0 Å². The van der Waals surface area contributed by atoms with Crippen LogP contribution in [0.25, 0.3) is 0 Å². The SMILES string of the molecule is CC(=O)Nc1nc(C(=O)OCC(=O)Nc2c(C(C)C)cccc2C(C)C)cs1. The minimum atomic E-state index is -0.718. The van der Waals surface area contributed by atoms with Crippen LogP contribution in [0.4, 0.5) is 10.8 Å². The van der Waals surface area contributed by atoms with Crippen molar-refractivity contribution in [3.63, 3.8) is 0 Å². The summed E-state index contributed by atoms with van der Waals surface area (Å²) in [5, 5.41) is 7.15. The van der Waals surface area contributed by atoms with Crippen molar-refractivity contribution < 1.29 is 19.1 Å². The van der Waals surface area contributed by atoms with E-state index in [-0.39, 0.29) is 23.4 Å². The summed E-state index contributed by atoms with van der Waals surface area (Å²) in [5.41, 5.74) is 2.89. The molecule has 0 aliphatic rings. The van der Waals surface area contributed by atoms with Gasteiger partial charge in [-0.3, -0.25) is 9.59 Å². The predicted molar refractivity (Wildman–Crippen MR) is 110 cm³/mol. The van der Waals surface area contributed by atoms with Gasteiger partial charge >= 0.3 is 5.97 Å². The molecule has 0 radical (unpaired) electrons. The number of hydrogen-bond acceptors (Lipinski definition) is 6. The fourth-order valence-electron chi connectivity index (χ4n) is 2.65. The number of amides is 2. The van der Waals surface area contributed by atoms with Crippen LogP contribution >= 0.6 is 11.3 Å². The molecule has 0 aliphatic carbocycles. The van der Waals surface area contributed by atoms with Gasteiger partial charge in [-0.2, -0.15) is 0 Å². The van der Waals surface area contributed by atoms with Crippen molar-refractivity contribution in [1.29, 1.82) is 0 Å². The number of rotatable bonds is 7. The Kier molecular flexibility index (Phi) is 7.28. The van der Waals surface area contributed by atoms with Gasteiger partial charge in [0.15, 0.2) is 17.4 Å². The summed E-state index contributed by atoms with van der Waals surface area (Å²) in [7, 11) is 0. The van der Waals surface area contributed by atoms with Crippen LogP contribution < -0.4 is 10.6 Å². The minimum Gasteiger partial charge on any atom is -0.451 e. The number of anilines is 2. The van der Waals surface area contributed by atoms with E-state index in [9.17, 15) is 14.4 Å². The number of benzene rings is 1. The molecule has 1 aromatic carbocycles. The number of nitrogens with one attached hydrogen (secondary N) is 2. The van der Waals surface area contributed by atoms with Crippen molar-refractivity contribution in [3.8, 4) is 0 Å². The van der Waals surface area contributed by atoms with Crippen molar-refractivity contribution in [1.82, 2.24) is 4.98 Å². The van der Waals surface area contributed by atoms with E-state index in [4.69, 9.17) is 4.74 Å². The second-order valence-corrected chi connectivity index (χ2v) is 7.82. The molecular formula is C20H25N3O4S. The highest BCUT2D eigenvalue weighted by molar-refractivity contribution is 7.14. The maximum Gasteiger partial charge on any atom is 0.358 e. The molecule has 0 saturated heterocycles. The second-order valence-electron chi connectivity index (χ2n) is 6.96. The van der Waals surface area contributed by atoms with E-state index in [1.165, 1.54) is 12.3 Å². The molecule has 0 fully saturated rings. The van der Waals surface area contributed by atoms with E-state index in [1.807, 2.05) is 18.2 Å². The van der Waals surface area contributed by atoms with Gasteiger partial charge in [0.1, 0.15) is 0 Å². The van der Waals surface area contributed by atoms with Crippen LogP contribution in [-0.2, 0) is 14.3 Å². The fraction of sp³-hybridized carbons (Fsp3) is 0.400. The molecule has 2 N–H and O–H groups in total. The van der Waals surface area contributed by atoms with E-state index >= 15 is 0 Å². The summed E-state index contributed by atoms with van der Waals surface area (Å²) in [6.45, 7) is 9.17. The van der Waals surface area contributed by atoms with Crippen molar-refractivity contribution in [3.05, 3.63) is 40.4 Å². The van der Waals surface area contributed by atoms with Gasteiger partial charge in [-0.1, -0.05) is 45.9 Å². The third-order valence-electron chi connectivity index (χ3n) is 3.97. The molecule has 0 aliphatic heterocycles. The lowest BCUT2D eigenvalue weighted by atomic mass is 9.92. The van der Waals surface area contributed by atoms with Crippen LogP contribution in [0.2, 0.25) is 0 Å². The number of ether oxygens (including phenoxy) is 1. The van der Waals surface area contributed by atoms with Crippen LogP contribution in [0.1, 0.15) is 68.1 Å². The number of carbonyl (C=O) groups excluding carboxylic acids is 3. The molecule has 1 heterocycles. The molecule has 2 amide bonds. The van der Waals surface area contributed by atoms with E-state index in [1.54, 1.807) is 0 Å². The Labute approximate surface area is 168 Å². The number of nitrogens with zero attached hydrogens (tertiary/aromatic N) is 1. The fourth-order valence-corrected chi connectivity index (χ4v) is 3.38. The van der Waals surface area contributed by atoms with E-state index < -0.39 is 18.5 Å². The van der Waals surface area contributed by atoms with Crippen LogP contribution in [-0.4, -0.2) is 29.4 Å². The summed E-state index contributed by atoms with van der Waals surface area (Å²) >= 11 is 1.11. The maximum absolute atomic E-state index is 12.4. The molecule has 7 nitrogen and oxygen atoms in total. The van der Waals surface area contributed by atoms with Crippen molar-refractivity contribution in [2.24, 2.45) is 0 Å². The van der Waals surface area contributed by atoms with Crippen LogP contribution in [0, 0.1) is 0 Å². The van der Waals surface area contributed by atoms with Crippen LogP contribution in [0.15, 0.2) is 23.6 Å². The normalized spacial score (nSPS) is 10.8. The summed E-state index contributed by atoms with van der Waals surface area (Å²) < 4.78 is 5.06. The predicted octanol–water partition coefficient (Wildman–Crippen LogP) is 4.14. The van der Waals surface area contributed by atoms with Gasteiger partial charge in [0.25, 0.3) is 5.91 Å². The van der Waals surface area contributed by atoms with Crippen molar-refractivity contribution >= 4 is 39.9 Å². The Bertz CT molecular complexity index is 848. The van der Waals surface area contributed by atoms with Gasteiger partial charge in [-0.25, -0.2) is 9.78 Å². The Morgan fingerprint density at radius 1 is 1.07 bits per heavy atom. The molecule has 0 spiro atoms. The van der Waals surface area contributed by atoms with E-state index in [0.717, 1.165) is 28.2 Å². The van der Waals surface area contributed by atoms with E-state index in [2.05, 4.69) is 43.3 Å². The largest absolute Gasteiger partial charge is 0.451 e. The topological polar surface area (TPSA) is 97.4 Å². The van der Waals surface area contributed by atoms with E-state index in [0.29, 0.717) is 5.13 Å². The third kappa shape index (κ3) is 5.63. The molecule has 1 aromatic heterocycles. The Balaban J connectivity index is 2.04. The Morgan fingerprint density at radius 2 is 1.68 bits per heavy atom. The number of carbonyl (C=O) groups is 3. The lowest BCUT2D eigenvalue weighted by molar-refractivity contribution is -0.119. The lowest BCUT2D eigenvalue weighted by Crippen LogP contribution is -2.23. The molecule has 0 bridgehead atoms. The molecule has 8 heteroatoms. The van der Waals surface area contributed by atoms with Gasteiger partial charge in [-0.05, 0) is 23.0 Å². The second kappa shape index (κ2) is 9.45. The molecule has 0 unspecified atom stereocenters. The van der Waals surface area contributed by atoms with Gasteiger partial charge in [0.05, 0.1) is 0 Å². The highest BCUT2D eigenvalue weighted by atomic mass is 32.1. The smallest absolute Gasteiger partial charge is 0.358 e. The average Bonchev–Trinajstić information content (AvgIpc) is 3.07. The number of hydrogen-bond donors (Lipinski definition) is 2. The molecule has 150 valence electrons. The first-order chi connectivity index (χ1) is 13.2. The molecule has 28 heavy (non-hydrogen) atoms. The minimum absolute atomic E-state index is 0.0481. The van der Waals surface area contributed by atoms with Gasteiger partial charge in [-0.15, -0.1) is 11.3 Å². The summed E-state index contributed by atoms with van der Waals surface area (Å²) in [6, 6.07) is 5.95. The van der Waals surface area contributed by atoms with Gasteiger partial charge in [0.2, 0.25) is 5.91 Å². The Hall–Kier alpha value is -2.74. The lowest BCUT2D eigenvalue weighted by Gasteiger charge is -2.20. The zero-order valence-electron chi connectivity index (χ0n) is 16.7. The highest BCUT2D eigenvalue weighted by Gasteiger charge is 2.18. The first kappa shape index (κ1) is 21.6. The third-order valence-corrected chi connectivity index (χ3v) is 4.73. The highest BCUT2D eigenvalue weighted by Crippen LogP contribution is 2.32. The summed E-state index contributed by atoms with van der Waals surface area (Å²) in [4.78, 5) is 39.5. The number of thiazole rings is 1. The van der Waals surface area contributed by atoms with Crippen molar-refractivity contribution in [2.45, 2.75) is 46.5 Å². The monoisotopic (exact) mass is 403 g/mol. The quantitative estimate of drug-likeness (QED) is 0.677. The summed E-state index contributed by atoms with van der Waals surface area (Å²) in [5.74, 6) is -0.944. The van der Waals surface area contributed by atoms with Gasteiger partial charge < -0.3 is 15.4 Å². The van der Waals surface area contributed by atoms with Crippen LogP contribution in [0.5, 0.6) is 0 Å². The Morgan fingerprint density at radius 3 is 2.21 bits per heavy atom. The first-order valence-electron chi connectivity index (χ1n) is 9.02. The summed E-state index contributed by atoms with van der Waals surface area (Å²) in [6.07, 6.45) is 0. The van der Waals surface area contributed by atoms with Crippen molar-refractivity contribution in [2.75, 3.05) is 17.2 Å². The molecular weight excluding hydrogens is 378 g/mol.